The maximum atomic E-state index is 12.2. The number of carbonyl (C=O) groups excluding carboxylic acids is 1. The largest absolute Gasteiger partial charge is 0.444 e. The van der Waals surface area contributed by atoms with E-state index in [1.165, 1.54) is 16.7 Å². The van der Waals surface area contributed by atoms with Crippen molar-refractivity contribution in [2.45, 2.75) is 51.8 Å². The lowest BCUT2D eigenvalue weighted by atomic mass is 9.98. The summed E-state index contributed by atoms with van der Waals surface area (Å²) in [5.74, 6) is 0. The number of benzene rings is 2. The van der Waals surface area contributed by atoms with Crippen molar-refractivity contribution in [3.05, 3.63) is 60.2 Å². The predicted octanol–water partition coefficient (Wildman–Crippen LogP) is 4.40. The van der Waals surface area contributed by atoms with E-state index in [1.807, 2.05) is 46.0 Å². The third-order valence-corrected chi connectivity index (χ3v) is 4.28. The zero-order valence-corrected chi connectivity index (χ0v) is 16.4. The normalized spacial score (nSPS) is 13.7. The second-order valence-electron chi connectivity index (χ2n) is 7.60. The first-order valence-electron chi connectivity index (χ1n) is 9.09. The van der Waals surface area contributed by atoms with E-state index in [9.17, 15) is 4.79 Å². The summed E-state index contributed by atoms with van der Waals surface area (Å²) in [6.45, 7) is 7.66. The van der Waals surface area contributed by atoms with Crippen molar-refractivity contribution >= 4 is 6.09 Å². The van der Waals surface area contributed by atoms with Crippen molar-refractivity contribution in [3.8, 4) is 11.1 Å². The van der Waals surface area contributed by atoms with Gasteiger partial charge in [-0.05, 0) is 57.9 Å². The van der Waals surface area contributed by atoms with E-state index in [1.54, 1.807) is 0 Å². The Morgan fingerprint density at radius 2 is 1.58 bits per heavy atom. The second-order valence-corrected chi connectivity index (χ2v) is 7.60. The van der Waals surface area contributed by atoms with E-state index in [4.69, 9.17) is 4.74 Å². The van der Waals surface area contributed by atoms with Crippen LogP contribution in [0.25, 0.3) is 11.1 Å². The van der Waals surface area contributed by atoms with E-state index in [2.05, 4.69) is 54.0 Å². The highest BCUT2D eigenvalue weighted by Crippen LogP contribution is 2.20. The lowest BCUT2D eigenvalue weighted by Crippen LogP contribution is -2.50. The van der Waals surface area contributed by atoms with Gasteiger partial charge in [-0.1, -0.05) is 54.6 Å². The van der Waals surface area contributed by atoms with Crippen molar-refractivity contribution in [1.82, 2.24) is 10.6 Å². The van der Waals surface area contributed by atoms with Gasteiger partial charge in [0, 0.05) is 6.04 Å². The molecule has 0 radical (unpaired) electrons. The smallest absolute Gasteiger partial charge is 0.407 e. The molecule has 0 saturated heterocycles. The van der Waals surface area contributed by atoms with Crippen molar-refractivity contribution in [1.29, 1.82) is 0 Å². The highest BCUT2D eigenvalue weighted by molar-refractivity contribution is 5.68. The van der Waals surface area contributed by atoms with Gasteiger partial charge < -0.3 is 15.4 Å². The molecule has 2 aromatic carbocycles. The van der Waals surface area contributed by atoms with Crippen molar-refractivity contribution < 1.29 is 9.53 Å². The number of likely N-dealkylation sites (N-methyl/N-ethyl adjacent to an activating group) is 1. The Bertz CT molecular complexity index is 690. The lowest BCUT2D eigenvalue weighted by molar-refractivity contribution is 0.0495. The maximum Gasteiger partial charge on any atom is 0.407 e. The van der Waals surface area contributed by atoms with E-state index < -0.39 is 5.60 Å². The Kier molecular flexibility index (Phi) is 6.81. The summed E-state index contributed by atoms with van der Waals surface area (Å²) in [4.78, 5) is 12.2. The van der Waals surface area contributed by atoms with Crippen molar-refractivity contribution in [3.63, 3.8) is 0 Å². The monoisotopic (exact) mass is 354 g/mol. The lowest BCUT2D eigenvalue weighted by Gasteiger charge is -2.27. The second kappa shape index (κ2) is 8.86. The van der Waals surface area contributed by atoms with Crippen LogP contribution in [0.15, 0.2) is 54.6 Å². The van der Waals surface area contributed by atoms with Crippen LogP contribution >= 0.6 is 0 Å². The molecule has 2 rings (SSSR count). The minimum Gasteiger partial charge on any atom is -0.444 e. The van der Waals surface area contributed by atoms with Gasteiger partial charge in [-0.2, -0.15) is 0 Å². The number of alkyl carbamates (subject to hydrolysis) is 1. The Morgan fingerprint density at radius 3 is 2.12 bits per heavy atom. The molecule has 2 atom stereocenters. The molecule has 0 fully saturated rings. The first kappa shape index (κ1) is 20.0. The molecule has 0 heterocycles. The van der Waals surface area contributed by atoms with Gasteiger partial charge in [-0.3, -0.25) is 0 Å². The van der Waals surface area contributed by atoms with Gasteiger partial charge >= 0.3 is 6.09 Å². The van der Waals surface area contributed by atoms with Gasteiger partial charge in [0.15, 0.2) is 0 Å². The Labute approximate surface area is 157 Å². The Balaban J connectivity index is 2.07. The molecule has 140 valence electrons. The van der Waals surface area contributed by atoms with E-state index in [-0.39, 0.29) is 18.2 Å². The number of ether oxygens (including phenoxy) is 1. The van der Waals surface area contributed by atoms with E-state index in [0.717, 1.165) is 6.42 Å². The van der Waals surface area contributed by atoms with Crippen LogP contribution in [0.4, 0.5) is 4.79 Å². The topological polar surface area (TPSA) is 50.4 Å². The van der Waals surface area contributed by atoms with Crippen LogP contribution in [0.3, 0.4) is 0 Å². The molecule has 0 spiro atoms. The number of rotatable bonds is 6. The summed E-state index contributed by atoms with van der Waals surface area (Å²) in [5.41, 5.74) is 3.06. The molecular weight excluding hydrogens is 324 g/mol. The SMILES string of the molecule is CNC(C)[C@H](Cc1ccc(-c2ccccc2)cc1)NC(=O)OC(C)(C)C. The zero-order chi connectivity index (χ0) is 19.2. The Morgan fingerprint density at radius 1 is 1.00 bits per heavy atom. The van der Waals surface area contributed by atoms with Crippen LogP contribution in [0.2, 0.25) is 0 Å². The van der Waals surface area contributed by atoms with Crippen LogP contribution in [-0.2, 0) is 11.2 Å². The van der Waals surface area contributed by atoms with Gasteiger partial charge in [-0.15, -0.1) is 0 Å². The highest BCUT2D eigenvalue weighted by Gasteiger charge is 2.23. The predicted molar refractivity (Wildman–Crippen MR) is 107 cm³/mol. The van der Waals surface area contributed by atoms with E-state index in [0.29, 0.717) is 0 Å². The molecule has 2 aromatic rings. The molecule has 0 aliphatic carbocycles. The van der Waals surface area contributed by atoms with Gasteiger partial charge in [0.1, 0.15) is 5.60 Å². The number of amides is 1. The molecular formula is C22H30N2O2. The minimum absolute atomic E-state index is 0.0579. The average molecular weight is 354 g/mol. The molecule has 0 aromatic heterocycles. The molecule has 0 aliphatic heterocycles. The first-order valence-corrected chi connectivity index (χ1v) is 9.09. The van der Waals surface area contributed by atoms with E-state index >= 15 is 0 Å². The average Bonchev–Trinajstić information content (AvgIpc) is 2.60. The zero-order valence-electron chi connectivity index (χ0n) is 16.4. The van der Waals surface area contributed by atoms with Crippen LogP contribution < -0.4 is 10.6 Å². The summed E-state index contributed by atoms with van der Waals surface area (Å²) in [6.07, 6.45) is 0.349. The van der Waals surface area contributed by atoms with Crippen molar-refractivity contribution in [2.24, 2.45) is 0 Å². The molecule has 0 saturated carbocycles. The fourth-order valence-corrected chi connectivity index (χ4v) is 2.73. The standard InChI is InChI=1S/C22H30N2O2/c1-16(23-5)20(24-21(25)26-22(2,3)4)15-17-11-13-19(14-12-17)18-9-7-6-8-10-18/h6-14,16,20,23H,15H2,1-5H3,(H,24,25)/t16?,20-/m0/s1. The molecule has 2 N–H and O–H groups in total. The third kappa shape index (κ3) is 6.19. The van der Waals surface area contributed by atoms with Crippen LogP contribution in [0.5, 0.6) is 0 Å². The van der Waals surface area contributed by atoms with Crippen LogP contribution in [-0.4, -0.2) is 30.8 Å². The highest BCUT2D eigenvalue weighted by atomic mass is 16.6. The van der Waals surface area contributed by atoms with Gasteiger partial charge in [0.05, 0.1) is 6.04 Å². The molecule has 26 heavy (non-hydrogen) atoms. The minimum atomic E-state index is -0.505. The maximum absolute atomic E-state index is 12.2. The summed E-state index contributed by atoms with van der Waals surface area (Å²) in [5, 5.41) is 6.22. The van der Waals surface area contributed by atoms with Gasteiger partial charge in [0.25, 0.3) is 0 Å². The first-order chi connectivity index (χ1) is 12.3. The summed E-state index contributed by atoms with van der Waals surface area (Å²) < 4.78 is 5.40. The molecule has 0 aliphatic rings. The summed E-state index contributed by atoms with van der Waals surface area (Å²) in [6, 6.07) is 18.9. The third-order valence-electron chi connectivity index (χ3n) is 4.28. The number of hydrogen-bond acceptors (Lipinski definition) is 3. The molecule has 1 amide bonds. The molecule has 4 heteroatoms. The Hall–Kier alpha value is -2.33. The quantitative estimate of drug-likeness (QED) is 0.808. The summed E-state index contributed by atoms with van der Waals surface area (Å²) in [7, 11) is 1.90. The summed E-state index contributed by atoms with van der Waals surface area (Å²) >= 11 is 0. The number of nitrogens with one attached hydrogen (secondary N) is 2. The van der Waals surface area contributed by atoms with Gasteiger partial charge in [-0.25, -0.2) is 4.79 Å². The van der Waals surface area contributed by atoms with Crippen molar-refractivity contribution in [2.75, 3.05) is 7.05 Å². The van der Waals surface area contributed by atoms with Crippen LogP contribution in [0.1, 0.15) is 33.3 Å². The fraction of sp³-hybridized carbons (Fsp3) is 0.409. The fourth-order valence-electron chi connectivity index (χ4n) is 2.73. The van der Waals surface area contributed by atoms with Gasteiger partial charge in [0.2, 0.25) is 0 Å². The molecule has 1 unspecified atom stereocenters. The number of hydrogen-bond donors (Lipinski definition) is 2. The molecule has 4 nitrogen and oxygen atoms in total. The number of carbonyl (C=O) groups is 1. The van der Waals surface area contributed by atoms with Crippen LogP contribution in [0, 0.1) is 0 Å². The molecule has 0 bridgehead atoms.